The standard InChI is InChI=1S/C17H16ClN/c1-13(12-15-8-6-7-11-17(15)18)14(2)19-16-9-4-3-5-10-16/h3-12H,1-2H3. The molecule has 0 saturated heterocycles. The molecule has 0 atom stereocenters. The van der Waals surface area contributed by atoms with Crippen LogP contribution < -0.4 is 0 Å². The van der Waals surface area contributed by atoms with Crippen molar-refractivity contribution in [2.75, 3.05) is 0 Å². The molecule has 2 rings (SSSR count). The van der Waals surface area contributed by atoms with Crippen LogP contribution in [0.5, 0.6) is 0 Å². The van der Waals surface area contributed by atoms with Crippen molar-refractivity contribution in [1.82, 2.24) is 0 Å². The van der Waals surface area contributed by atoms with E-state index in [1.165, 1.54) is 0 Å². The number of benzene rings is 2. The van der Waals surface area contributed by atoms with Crippen LogP contribution in [0.4, 0.5) is 5.69 Å². The Labute approximate surface area is 119 Å². The van der Waals surface area contributed by atoms with E-state index in [4.69, 9.17) is 11.6 Å². The van der Waals surface area contributed by atoms with Crippen LogP contribution in [-0.2, 0) is 0 Å². The predicted octanol–water partition coefficient (Wildman–Crippen LogP) is 5.54. The third-order valence-corrected chi connectivity index (χ3v) is 3.25. The zero-order valence-corrected chi connectivity index (χ0v) is 11.9. The summed E-state index contributed by atoms with van der Waals surface area (Å²) in [5, 5.41) is 0.759. The van der Waals surface area contributed by atoms with E-state index in [0.29, 0.717) is 0 Å². The largest absolute Gasteiger partial charge is 0.253 e. The summed E-state index contributed by atoms with van der Waals surface area (Å²) in [6, 6.07) is 17.7. The van der Waals surface area contributed by atoms with Crippen molar-refractivity contribution in [2.45, 2.75) is 13.8 Å². The number of rotatable bonds is 3. The lowest BCUT2D eigenvalue weighted by Gasteiger charge is -2.03. The molecule has 2 heteroatoms. The highest BCUT2D eigenvalue weighted by molar-refractivity contribution is 6.32. The molecule has 0 radical (unpaired) electrons. The second-order valence-electron chi connectivity index (χ2n) is 4.38. The van der Waals surface area contributed by atoms with Gasteiger partial charge < -0.3 is 0 Å². The normalized spacial score (nSPS) is 12.6. The lowest BCUT2D eigenvalue weighted by atomic mass is 10.1. The van der Waals surface area contributed by atoms with E-state index in [1.807, 2.05) is 68.4 Å². The highest BCUT2D eigenvalue weighted by Crippen LogP contribution is 2.19. The van der Waals surface area contributed by atoms with Crippen LogP contribution in [0.15, 0.2) is 65.2 Å². The van der Waals surface area contributed by atoms with Crippen molar-refractivity contribution in [3.63, 3.8) is 0 Å². The number of aliphatic imine (C=N–C) groups is 1. The number of allylic oxidation sites excluding steroid dienone is 1. The van der Waals surface area contributed by atoms with Gasteiger partial charge in [-0.05, 0) is 49.3 Å². The first-order valence-corrected chi connectivity index (χ1v) is 6.58. The smallest absolute Gasteiger partial charge is 0.0632 e. The third kappa shape index (κ3) is 3.80. The molecule has 96 valence electrons. The topological polar surface area (TPSA) is 12.4 Å². The van der Waals surface area contributed by atoms with Gasteiger partial charge in [0.1, 0.15) is 0 Å². The summed E-state index contributed by atoms with van der Waals surface area (Å²) >= 11 is 6.15. The zero-order chi connectivity index (χ0) is 13.7. The van der Waals surface area contributed by atoms with Gasteiger partial charge in [0.15, 0.2) is 0 Å². The van der Waals surface area contributed by atoms with Crippen LogP contribution in [-0.4, -0.2) is 5.71 Å². The molecule has 0 N–H and O–H groups in total. The minimum Gasteiger partial charge on any atom is -0.253 e. The first kappa shape index (κ1) is 13.6. The Bertz CT molecular complexity index is 612. The molecule has 0 aliphatic carbocycles. The molecule has 0 amide bonds. The lowest BCUT2D eigenvalue weighted by molar-refractivity contribution is 1.46. The maximum absolute atomic E-state index is 6.15. The Balaban J connectivity index is 2.27. The van der Waals surface area contributed by atoms with Gasteiger partial charge in [-0.25, -0.2) is 0 Å². The van der Waals surface area contributed by atoms with Crippen LogP contribution in [0.2, 0.25) is 5.02 Å². The highest BCUT2D eigenvalue weighted by atomic mass is 35.5. The molecule has 0 aliphatic rings. The molecule has 0 unspecified atom stereocenters. The van der Waals surface area contributed by atoms with Crippen molar-refractivity contribution < 1.29 is 0 Å². The molecular weight excluding hydrogens is 254 g/mol. The average molecular weight is 270 g/mol. The van der Waals surface area contributed by atoms with Crippen LogP contribution >= 0.6 is 11.6 Å². The van der Waals surface area contributed by atoms with E-state index >= 15 is 0 Å². The Hall–Kier alpha value is -1.86. The van der Waals surface area contributed by atoms with Gasteiger partial charge >= 0.3 is 0 Å². The maximum atomic E-state index is 6.15. The van der Waals surface area contributed by atoms with Crippen molar-refractivity contribution in [2.24, 2.45) is 4.99 Å². The van der Waals surface area contributed by atoms with Gasteiger partial charge in [0, 0.05) is 10.7 Å². The number of nitrogens with zero attached hydrogens (tertiary/aromatic N) is 1. The minimum atomic E-state index is 0.759. The summed E-state index contributed by atoms with van der Waals surface area (Å²) in [6.07, 6.45) is 2.06. The van der Waals surface area contributed by atoms with Gasteiger partial charge in [-0.1, -0.05) is 48.0 Å². The second kappa shape index (κ2) is 6.35. The van der Waals surface area contributed by atoms with Gasteiger partial charge in [-0.3, -0.25) is 4.99 Å². The Morgan fingerprint density at radius 3 is 2.26 bits per heavy atom. The summed E-state index contributed by atoms with van der Waals surface area (Å²) in [6.45, 7) is 4.06. The Kier molecular flexibility index (Phi) is 4.53. The quantitative estimate of drug-likeness (QED) is 0.649. The number of hydrogen-bond acceptors (Lipinski definition) is 1. The molecule has 2 aromatic carbocycles. The molecule has 19 heavy (non-hydrogen) atoms. The fourth-order valence-corrected chi connectivity index (χ4v) is 1.90. The molecule has 0 spiro atoms. The molecule has 0 fully saturated rings. The zero-order valence-electron chi connectivity index (χ0n) is 11.1. The lowest BCUT2D eigenvalue weighted by Crippen LogP contribution is -1.92. The van der Waals surface area contributed by atoms with Crippen molar-refractivity contribution in [3.8, 4) is 0 Å². The molecule has 0 aromatic heterocycles. The Morgan fingerprint density at radius 1 is 0.947 bits per heavy atom. The summed E-state index contributed by atoms with van der Waals surface area (Å²) in [4.78, 5) is 4.59. The van der Waals surface area contributed by atoms with Gasteiger partial charge in [0.05, 0.1) is 5.69 Å². The summed E-state index contributed by atoms with van der Waals surface area (Å²) < 4.78 is 0. The number of para-hydroxylation sites is 1. The Morgan fingerprint density at radius 2 is 1.58 bits per heavy atom. The van der Waals surface area contributed by atoms with E-state index in [1.54, 1.807) is 0 Å². The molecule has 2 aromatic rings. The van der Waals surface area contributed by atoms with E-state index in [0.717, 1.165) is 27.6 Å². The molecular formula is C17H16ClN. The minimum absolute atomic E-state index is 0.759. The van der Waals surface area contributed by atoms with E-state index in [9.17, 15) is 0 Å². The summed E-state index contributed by atoms with van der Waals surface area (Å²) in [7, 11) is 0. The second-order valence-corrected chi connectivity index (χ2v) is 4.79. The predicted molar refractivity (Wildman–Crippen MR) is 84.3 cm³/mol. The molecule has 1 nitrogen and oxygen atoms in total. The van der Waals surface area contributed by atoms with E-state index in [2.05, 4.69) is 11.1 Å². The van der Waals surface area contributed by atoms with Crippen molar-refractivity contribution in [1.29, 1.82) is 0 Å². The maximum Gasteiger partial charge on any atom is 0.0632 e. The van der Waals surface area contributed by atoms with Gasteiger partial charge in [-0.2, -0.15) is 0 Å². The molecule has 0 saturated carbocycles. The highest BCUT2D eigenvalue weighted by Gasteiger charge is 1.99. The van der Waals surface area contributed by atoms with E-state index < -0.39 is 0 Å². The fraction of sp³-hybridized carbons (Fsp3) is 0.118. The first-order valence-electron chi connectivity index (χ1n) is 6.20. The number of hydrogen-bond donors (Lipinski definition) is 0. The van der Waals surface area contributed by atoms with E-state index in [-0.39, 0.29) is 0 Å². The molecule has 0 bridgehead atoms. The van der Waals surface area contributed by atoms with Crippen molar-refractivity contribution >= 4 is 29.1 Å². The molecule has 0 aliphatic heterocycles. The monoisotopic (exact) mass is 269 g/mol. The fourth-order valence-electron chi connectivity index (χ4n) is 1.71. The van der Waals surface area contributed by atoms with Gasteiger partial charge in [0.2, 0.25) is 0 Å². The van der Waals surface area contributed by atoms with Crippen LogP contribution in [0.1, 0.15) is 19.4 Å². The molecule has 0 heterocycles. The van der Waals surface area contributed by atoms with Gasteiger partial charge in [0.25, 0.3) is 0 Å². The van der Waals surface area contributed by atoms with Gasteiger partial charge in [-0.15, -0.1) is 0 Å². The SMILES string of the molecule is CC(=Cc1ccccc1Cl)C(C)=Nc1ccccc1. The summed E-state index contributed by atoms with van der Waals surface area (Å²) in [5.74, 6) is 0. The first-order chi connectivity index (χ1) is 9.16. The van der Waals surface area contributed by atoms with Crippen LogP contribution in [0.3, 0.4) is 0 Å². The van der Waals surface area contributed by atoms with Crippen LogP contribution in [0, 0.1) is 0 Å². The number of halogens is 1. The van der Waals surface area contributed by atoms with Crippen LogP contribution in [0.25, 0.3) is 6.08 Å². The summed E-state index contributed by atoms with van der Waals surface area (Å²) in [5.41, 5.74) is 4.08. The van der Waals surface area contributed by atoms with Crippen molar-refractivity contribution in [3.05, 3.63) is 70.8 Å². The average Bonchev–Trinajstić information content (AvgIpc) is 2.42. The third-order valence-electron chi connectivity index (χ3n) is 2.90.